The minimum Gasteiger partial charge on any atom is -0.481 e. The number of carboxylic acid groups (broad SMARTS) is 1. The second kappa shape index (κ2) is 8.14. The number of furan rings is 1. The number of carbonyl (C=O) groups is 2. The summed E-state index contributed by atoms with van der Waals surface area (Å²) in [5, 5.41) is 7.42. The molecule has 120 valence electrons. The molecule has 0 bridgehead atoms. The highest BCUT2D eigenvalue weighted by molar-refractivity contribution is 8.26. The fourth-order valence-corrected chi connectivity index (χ4v) is 2.94. The Kier molecular flexibility index (Phi) is 6.83. The molecule has 0 aliphatic carbocycles. The van der Waals surface area contributed by atoms with Crippen LogP contribution in [-0.2, 0) is 9.59 Å². The lowest BCUT2D eigenvalue weighted by Gasteiger charge is -2.16. The monoisotopic (exact) mass is 341 g/mol. The van der Waals surface area contributed by atoms with Gasteiger partial charge in [-0.15, -0.1) is 0 Å². The van der Waals surface area contributed by atoms with Gasteiger partial charge in [-0.25, -0.2) is 0 Å². The third-order valence-electron chi connectivity index (χ3n) is 2.46. The maximum atomic E-state index is 12.2. The molecule has 5 nitrogen and oxygen atoms in total. The molecular weight excluding hydrogens is 322 g/mol. The van der Waals surface area contributed by atoms with E-state index in [-0.39, 0.29) is 5.91 Å². The van der Waals surface area contributed by atoms with Crippen LogP contribution in [0.2, 0.25) is 0 Å². The average Bonchev–Trinajstić information content (AvgIpc) is 2.88. The Bertz CT molecular complexity index is 600. The molecule has 1 aromatic heterocycles. The summed E-state index contributed by atoms with van der Waals surface area (Å²) in [4.78, 5) is 23.5. The van der Waals surface area contributed by atoms with E-state index < -0.39 is 5.97 Å². The Morgan fingerprint density at radius 2 is 2.09 bits per heavy atom. The van der Waals surface area contributed by atoms with Gasteiger partial charge in [0.1, 0.15) is 15.8 Å². The van der Waals surface area contributed by atoms with Gasteiger partial charge in [-0.1, -0.05) is 37.8 Å². The lowest BCUT2D eigenvalue weighted by molar-refractivity contribution is -0.134. The van der Waals surface area contributed by atoms with Crippen molar-refractivity contribution >= 4 is 46.3 Å². The number of hydrogen-bond acceptors (Lipinski definition) is 5. The van der Waals surface area contributed by atoms with Crippen molar-refractivity contribution in [1.82, 2.24) is 4.90 Å². The van der Waals surface area contributed by atoms with Crippen LogP contribution in [0.15, 0.2) is 21.5 Å². The summed E-state index contributed by atoms with van der Waals surface area (Å²) in [6.45, 7) is 7.76. The lowest BCUT2D eigenvalue weighted by Crippen LogP contribution is -2.31. The molecule has 1 aromatic rings. The van der Waals surface area contributed by atoms with E-state index in [1.807, 2.05) is 19.1 Å². The molecule has 2 rings (SSSR count). The Morgan fingerprint density at radius 3 is 2.55 bits per heavy atom. The minimum absolute atomic E-state index is 0.0206. The number of aliphatic carboxylic acids is 1. The highest BCUT2D eigenvalue weighted by Crippen LogP contribution is 2.33. The van der Waals surface area contributed by atoms with Crippen molar-refractivity contribution in [2.45, 2.75) is 27.7 Å². The Labute approximate surface area is 139 Å². The van der Waals surface area contributed by atoms with Crippen molar-refractivity contribution in [3.8, 4) is 0 Å². The van der Waals surface area contributed by atoms with E-state index in [0.29, 0.717) is 27.4 Å². The van der Waals surface area contributed by atoms with Crippen LogP contribution in [0.25, 0.3) is 6.08 Å². The number of thioether (sulfide) groups is 1. The maximum Gasteiger partial charge on any atom is 0.300 e. The number of rotatable bonds is 3. The van der Waals surface area contributed by atoms with Gasteiger partial charge in [0.25, 0.3) is 11.9 Å². The van der Waals surface area contributed by atoms with Gasteiger partial charge in [0, 0.05) is 19.5 Å². The molecule has 0 atom stereocenters. The highest BCUT2D eigenvalue weighted by atomic mass is 32.2. The Balaban J connectivity index is 0.000000541. The van der Waals surface area contributed by atoms with E-state index in [0.717, 1.165) is 12.7 Å². The first-order valence-electron chi connectivity index (χ1n) is 6.72. The first-order valence-corrected chi connectivity index (χ1v) is 7.94. The molecule has 1 N–H and O–H groups in total. The standard InChI is InChI=1S/C13H15NO2S2.C2H4O2/c1-8(2)7-14-12(15)11(18-13(14)17)6-10-5-4-9(3)16-10;1-2(3)4/h4-6,8H,7H2,1-3H3;1H3,(H,3,4)/b11-6-;. The fourth-order valence-electron chi connectivity index (χ4n) is 1.68. The van der Waals surface area contributed by atoms with Gasteiger partial charge in [0.2, 0.25) is 0 Å². The first-order chi connectivity index (χ1) is 10.2. The molecule has 0 saturated carbocycles. The molecule has 1 aliphatic heterocycles. The SMILES string of the molecule is CC(=O)O.Cc1ccc(/C=C2\SC(=S)N(CC(C)C)C2=O)o1. The zero-order valence-electron chi connectivity index (χ0n) is 13.0. The van der Waals surface area contributed by atoms with Crippen LogP contribution >= 0.6 is 24.0 Å². The van der Waals surface area contributed by atoms with Crippen LogP contribution in [0.3, 0.4) is 0 Å². The van der Waals surface area contributed by atoms with E-state index >= 15 is 0 Å². The molecule has 1 fully saturated rings. The van der Waals surface area contributed by atoms with Crippen LogP contribution < -0.4 is 0 Å². The van der Waals surface area contributed by atoms with E-state index in [2.05, 4.69) is 13.8 Å². The molecule has 0 spiro atoms. The van der Waals surface area contributed by atoms with E-state index in [9.17, 15) is 4.79 Å². The van der Waals surface area contributed by atoms with Crippen molar-refractivity contribution in [2.75, 3.05) is 6.54 Å². The Hall–Kier alpha value is -1.60. The van der Waals surface area contributed by atoms with Crippen molar-refractivity contribution < 1.29 is 19.1 Å². The molecule has 0 aromatic carbocycles. The quantitative estimate of drug-likeness (QED) is 0.670. The smallest absolute Gasteiger partial charge is 0.300 e. The average molecular weight is 341 g/mol. The second-order valence-electron chi connectivity index (χ2n) is 5.15. The molecule has 22 heavy (non-hydrogen) atoms. The van der Waals surface area contributed by atoms with Crippen LogP contribution in [0.1, 0.15) is 32.3 Å². The summed E-state index contributed by atoms with van der Waals surface area (Å²) in [5.41, 5.74) is 0. The molecule has 1 amide bonds. The van der Waals surface area contributed by atoms with Gasteiger partial charge in [0.15, 0.2) is 0 Å². The number of thiocarbonyl (C=S) groups is 1. The Morgan fingerprint density at radius 1 is 1.50 bits per heavy atom. The van der Waals surface area contributed by atoms with Crippen molar-refractivity contribution in [3.63, 3.8) is 0 Å². The summed E-state index contributed by atoms with van der Waals surface area (Å²) in [5.74, 6) is 1.07. The number of nitrogens with zero attached hydrogens (tertiary/aromatic N) is 1. The summed E-state index contributed by atoms with van der Waals surface area (Å²) in [7, 11) is 0. The van der Waals surface area contributed by atoms with E-state index in [1.54, 1.807) is 11.0 Å². The molecule has 0 radical (unpaired) electrons. The zero-order chi connectivity index (χ0) is 16.9. The van der Waals surface area contributed by atoms with Crippen LogP contribution in [0, 0.1) is 12.8 Å². The molecule has 1 aliphatic rings. The number of carboxylic acids is 1. The molecule has 0 unspecified atom stereocenters. The third kappa shape index (κ3) is 5.65. The van der Waals surface area contributed by atoms with Gasteiger partial charge < -0.3 is 9.52 Å². The van der Waals surface area contributed by atoms with Crippen molar-refractivity contribution in [3.05, 3.63) is 28.6 Å². The van der Waals surface area contributed by atoms with E-state index in [4.69, 9.17) is 26.5 Å². The minimum atomic E-state index is -0.833. The summed E-state index contributed by atoms with van der Waals surface area (Å²) >= 11 is 6.57. The molecule has 7 heteroatoms. The predicted octanol–water partition coefficient (Wildman–Crippen LogP) is 3.54. The second-order valence-corrected chi connectivity index (χ2v) is 6.83. The molecular formula is C15H19NO4S2. The number of carbonyl (C=O) groups excluding carboxylic acids is 1. The largest absolute Gasteiger partial charge is 0.481 e. The van der Waals surface area contributed by atoms with Crippen LogP contribution in [-0.4, -0.2) is 32.7 Å². The van der Waals surface area contributed by atoms with Crippen molar-refractivity contribution in [2.24, 2.45) is 5.92 Å². The van der Waals surface area contributed by atoms with Gasteiger partial charge in [-0.2, -0.15) is 0 Å². The topological polar surface area (TPSA) is 70.8 Å². The normalized spacial score (nSPS) is 16.2. The summed E-state index contributed by atoms with van der Waals surface area (Å²) in [6.07, 6.45) is 1.76. The number of aryl methyl sites for hydroxylation is 1. The van der Waals surface area contributed by atoms with Crippen LogP contribution in [0.5, 0.6) is 0 Å². The summed E-state index contributed by atoms with van der Waals surface area (Å²) in [6, 6.07) is 3.73. The van der Waals surface area contributed by atoms with Gasteiger partial charge >= 0.3 is 0 Å². The van der Waals surface area contributed by atoms with Gasteiger partial charge in [-0.05, 0) is 25.0 Å². The fraction of sp³-hybridized carbons (Fsp3) is 0.400. The third-order valence-corrected chi connectivity index (χ3v) is 3.83. The lowest BCUT2D eigenvalue weighted by atomic mass is 10.2. The summed E-state index contributed by atoms with van der Waals surface area (Å²) < 4.78 is 6.07. The first kappa shape index (κ1) is 18.4. The van der Waals surface area contributed by atoms with Gasteiger partial charge in [-0.3, -0.25) is 14.5 Å². The van der Waals surface area contributed by atoms with Gasteiger partial charge in [0.05, 0.1) is 4.91 Å². The molecule has 1 saturated heterocycles. The zero-order valence-corrected chi connectivity index (χ0v) is 14.6. The number of hydrogen-bond donors (Lipinski definition) is 1. The van der Waals surface area contributed by atoms with Crippen LogP contribution in [0.4, 0.5) is 0 Å². The van der Waals surface area contributed by atoms with E-state index in [1.165, 1.54) is 11.8 Å². The maximum absolute atomic E-state index is 12.2. The number of amides is 1. The molecule has 2 heterocycles. The highest BCUT2D eigenvalue weighted by Gasteiger charge is 2.32. The van der Waals surface area contributed by atoms with Crippen molar-refractivity contribution in [1.29, 1.82) is 0 Å². The predicted molar refractivity (Wildman–Crippen MR) is 91.5 cm³/mol.